The summed E-state index contributed by atoms with van der Waals surface area (Å²) in [4.78, 5) is 4.58. The number of nitrogens with zero attached hydrogens (tertiary/aromatic N) is 6. The summed E-state index contributed by atoms with van der Waals surface area (Å²) >= 11 is 0. The molecular weight excluding hydrogens is 350 g/mol. The Hall–Kier alpha value is -3.87. The van der Waals surface area contributed by atoms with Gasteiger partial charge in [0.2, 0.25) is 0 Å². The van der Waals surface area contributed by atoms with Gasteiger partial charge in [-0.1, -0.05) is 30.3 Å². The van der Waals surface area contributed by atoms with E-state index in [0.717, 1.165) is 39.5 Å². The summed E-state index contributed by atoms with van der Waals surface area (Å²) in [6.45, 7) is 0. The number of hydrogen-bond acceptors (Lipinski definition) is 4. The highest BCUT2D eigenvalue weighted by Crippen LogP contribution is 2.28. The fourth-order valence-corrected chi connectivity index (χ4v) is 3.38. The number of anilines is 2. The van der Waals surface area contributed by atoms with E-state index in [1.165, 1.54) is 0 Å². The van der Waals surface area contributed by atoms with E-state index in [2.05, 4.69) is 49.2 Å². The van der Waals surface area contributed by atoms with Crippen molar-refractivity contribution in [1.82, 2.24) is 28.9 Å². The first kappa shape index (κ1) is 16.3. The second kappa shape index (κ2) is 6.38. The molecule has 0 aliphatic heterocycles. The topological polar surface area (TPSA) is 65.0 Å². The van der Waals surface area contributed by atoms with Crippen LogP contribution in [0.1, 0.15) is 0 Å². The van der Waals surface area contributed by atoms with Crippen LogP contribution in [0.4, 0.5) is 11.5 Å². The van der Waals surface area contributed by atoms with Crippen LogP contribution >= 0.6 is 0 Å². The minimum absolute atomic E-state index is 0.889. The van der Waals surface area contributed by atoms with E-state index in [1.807, 2.05) is 61.8 Å². The first-order valence-corrected chi connectivity index (χ1v) is 8.99. The van der Waals surface area contributed by atoms with Gasteiger partial charge in [0.15, 0.2) is 0 Å². The Morgan fingerprint density at radius 1 is 0.750 bits per heavy atom. The smallest absolute Gasteiger partial charge is 0.138 e. The van der Waals surface area contributed by atoms with Crippen LogP contribution in [0.15, 0.2) is 73.4 Å². The number of hydrogen-bond donors (Lipinski definition) is 1. The van der Waals surface area contributed by atoms with Crippen molar-refractivity contribution in [3.63, 3.8) is 0 Å². The minimum Gasteiger partial charge on any atom is -0.339 e. The third-order valence-corrected chi connectivity index (χ3v) is 4.73. The summed E-state index contributed by atoms with van der Waals surface area (Å²) in [7, 11) is 3.82. The summed E-state index contributed by atoms with van der Waals surface area (Å²) in [5.74, 6) is 0.939. The fourth-order valence-electron chi connectivity index (χ4n) is 3.38. The van der Waals surface area contributed by atoms with Gasteiger partial charge in [-0.2, -0.15) is 10.2 Å². The zero-order chi connectivity index (χ0) is 19.1. The normalized spacial score (nSPS) is 11.2. The van der Waals surface area contributed by atoms with E-state index >= 15 is 0 Å². The van der Waals surface area contributed by atoms with E-state index in [-0.39, 0.29) is 0 Å². The standard InChI is InChI=1S/C21H19N7/c1-26-13-17(10-23-26)15-6-8-16(9-7-15)19-12-22-20-4-3-5-21(28(19)20)25-18-11-24-27(2)14-18/h3-14,25H,1-2H3. The molecule has 0 aliphatic carbocycles. The zero-order valence-corrected chi connectivity index (χ0v) is 15.6. The van der Waals surface area contributed by atoms with Crippen molar-refractivity contribution in [2.45, 2.75) is 0 Å². The molecule has 0 amide bonds. The van der Waals surface area contributed by atoms with Gasteiger partial charge >= 0.3 is 0 Å². The van der Waals surface area contributed by atoms with E-state index in [1.54, 1.807) is 10.9 Å². The van der Waals surface area contributed by atoms with E-state index in [9.17, 15) is 0 Å². The lowest BCUT2D eigenvalue weighted by molar-refractivity contribution is 0.768. The van der Waals surface area contributed by atoms with Crippen LogP contribution in [-0.2, 0) is 14.1 Å². The molecule has 0 aliphatic rings. The number of benzene rings is 1. The molecule has 0 unspecified atom stereocenters. The molecule has 0 fully saturated rings. The van der Waals surface area contributed by atoms with Gasteiger partial charge < -0.3 is 5.32 Å². The number of aryl methyl sites for hydroxylation is 2. The lowest BCUT2D eigenvalue weighted by atomic mass is 10.1. The maximum atomic E-state index is 4.58. The van der Waals surface area contributed by atoms with Crippen molar-refractivity contribution in [2.75, 3.05) is 5.32 Å². The molecule has 0 saturated carbocycles. The predicted octanol–water partition coefficient (Wildman–Crippen LogP) is 3.88. The van der Waals surface area contributed by atoms with Gasteiger partial charge in [0.1, 0.15) is 11.5 Å². The Bertz CT molecular complexity index is 1260. The van der Waals surface area contributed by atoms with Crippen LogP contribution in [0.25, 0.3) is 28.0 Å². The highest BCUT2D eigenvalue weighted by Gasteiger charge is 2.11. The Kier molecular flexibility index (Phi) is 3.72. The highest BCUT2D eigenvalue weighted by atomic mass is 15.3. The second-order valence-electron chi connectivity index (χ2n) is 6.76. The van der Waals surface area contributed by atoms with Gasteiger partial charge in [-0.25, -0.2) is 4.98 Å². The molecule has 5 aromatic rings. The molecule has 7 nitrogen and oxygen atoms in total. The average Bonchev–Trinajstić information content (AvgIpc) is 3.42. The third-order valence-electron chi connectivity index (χ3n) is 4.73. The summed E-state index contributed by atoms with van der Waals surface area (Å²) in [5, 5.41) is 11.9. The molecule has 5 rings (SSSR count). The van der Waals surface area contributed by atoms with Crippen LogP contribution in [0.2, 0.25) is 0 Å². The molecule has 0 saturated heterocycles. The van der Waals surface area contributed by atoms with E-state index in [4.69, 9.17) is 0 Å². The molecule has 0 bridgehead atoms. The molecule has 138 valence electrons. The van der Waals surface area contributed by atoms with Gasteiger partial charge in [-0.3, -0.25) is 13.8 Å². The van der Waals surface area contributed by atoms with Gasteiger partial charge in [-0.05, 0) is 17.7 Å². The number of rotatable bonds is 4. The monoisotopic (exact) mass is 369 g/mol. The number of imidazole rings is 1. The van der Waals surface area contributed by atoms with Crippen molar-refractivity contribution in [3.05, 3.63) is 73.4 Å². The lowest BCUT2D eigenvalue weighted by Gasteiger charge is -2.10. The summed E-state index contributed by atoms with van der Waals surface area (Å²) in [6.07, 6.45) is 9.54. The molecule has 0 atom stereocenters. The predicted molar refractivity (Wildman–Crippen MR) is 109 cm³/mol. The number of pyridine rings is 1. The lowest BCUT2D eigenvalue weighted by Crippen LogP contribution is -1.99. The van der Waals surface area contributed by atoms with Crippen LogP contribution in [0, 0.1) is 0 Å². The maximum Gasteiger partial charge on any atom is 0.138 e. The SMILES string of the molecule is Cn1cc(Nc2cccc3ncc(-c4ccc(-c5cnn(C)c5)cc4)n23)cn1. The first-order chi connectivity index (χ1) is 13.7. The van der Waals surface area contributed by atoms with Crippen LogP contribution in [0.5, 0.6) is 0 Å². The van der Waals surface area contributed by atoms with Crippen molar-refractivity contribution >= 4 is 17.2 Å². The number of fused-ring (bicyclic) bond motifs is 1. The highest BCUT2D eigenvalue weighted by molar-refractivity contribution is 5.72. The number of aromatic nitrogens is 6. The van der Waals surface area contributed by atoms with Gasteiger partial charge in [-0.15, -0.1) is 0 Å². The Morgan fingerprint density at radius 2 is 1.50 bits per heavy atom. The molecule has 0 radical (unpaired) electrons. The summed E-state index contributed by atoms with van der Waals surface area (Å²) in [5.41, 5.74) is 6.19. The molecule has 0 spiro atoms. The van der Waals surface area contributed by atoms with E-state index in [0.29, 0.717) is 0 Å². The van der Waals surface area contributed by atoms with Gasteiger partial charge in [0.05, 0.1) is 30.0 Å². The molecular formula is C21H19N7. The number of nitrogens with one attached hydrogen (secondary N) is 1. The van der Waals surface area contributed by atoms with Crippen LogP contribution < -0.4 is 5.32 Å². The van der Waals surface area contributed by atoms with Crippen molar-refractivity contribution < 1.29 is 0 Å². The molecule has 1 N–H and O–H groups in total. The molecule has 4 heterocycles. The minimum atomic E-state index is 0.889. The van der Waals surface area contributed by atoms with Crippen LogP contribution in [0.3, 0.4) is 0 Å². The molecule has 4 aromatic heterocycles. The average molecular weight is 369 g/mol. The summed E-state index contributed by atoms with van der Waals surface area (Å²) in [6, 6.07) is 14.5. The largest absolute Gasteiger partial charge is 0.339 e. The molecule has 7 heteroatoms. The van der Waals surface area contributed by atoms with Gasteiger partial charge in [0.25, 0.3) is 0 Å². The Morgan fingerprint density at radius 3 is 2.21 bits per heavy atom. The van der Waals surface area contributed by atoms with E-state index < -0.39 is 0 Å². The quantitative estimate of drug-likeness (QED) is 0.522. The third kappa shape index (κ3) is 2.83. The molecule has 28 heavy (non-hydrogen) atoms. The Balaban J connectivity index is 1.55. The first-order valence-electron chi connectivity index (χ1n) is 8.99. The van der Waals surface area contributed by atoms with Gasteiger partial charge in [0, 0.05) is 37.6 Å². The van der Waals surface area contributed by atoms with Crippen molar-refractivity contribution in [1.29, 1.82) is 0 Å². The van der Waals surface area contributed by atoms with Crippen molar-refractivity contribution in [2.24, 2.45) is 14.1 Å². The fraction of sp³-hybridized carbons (Fsp3) is 0.0952. The summed E-state index contributed by atoms with van der Waals surface area (Å²) < 4.78 is 5.70. The zero-order valence-electron chi connectivity index (χ0n) is 15.6. The molecule has 1 aromatic carbocycles. The maximum absolute atomic E-state index is 4.58. The van der Waals surface area contributed by atoms with Crippen molar-refractivity contribution in [3.8, 4) is 22.4 Å². The van der Waals surface area contributed by atoms with Crippen LogP contribution in [-0.4, -0.2) is 28.9 Å². The Labute approximate surface area is 161 Å². The second-order valence-corrected chi connectivity index (χ2v) is 6.76.